The summed E-state index contributed by atoms with van der Waals surface area (Å²) in [5.74, 6) is 0.415. The standard InChI is InChI=1S/C24H29NO5S2/c1-23(2,3)22(26)30-25-19-7-10-29-20-14-17(5-6-18(19)20)32-21-13-16(15-31-21)24(27-4)8-11-28-12-9-24/h5-6,13-15H,7-12H2,1-4H3. The number of carbonyl (C=O) groups is 1. The second-order valence-electron chi connectivity index (χ2n) is 8.99. The summed E-state index contributed by atoms with van der Waals surface area (Å²) in [5, 5.41) is 6.33. The van der Waals surface area contributed by atoms with Gasteiger partial charge in [-0.05, 0) is 56.0 Å². The minimum atomic E-state index is -0.593. The van der Waals surface area contributed by atoms with E-state index in [0.29, 0.717) is 13.0 Å². The summed E-state index contributed by atoms with van der Waals surface area (Å²) in [6, 6.07) is 8.30. The molecule has 4 rings (SSSR count). The normalized spacial score (nSPS) is 19.3. The largest absolute Gasteiger partial charge is 0.492 e. The average molecular weight is 476 g/mol. The van der Waals surface area contributed by atoms with Crippen LogP contribution in [0, 0.1) is 5.41 Å². The van der Waals surface area contributed by atoms with E-state index < -0.39 is 5.41 Å². The highest BCUT2D eigenvalue weighted by molar-refractivity contribution is 8.01. The molecule has 1 aromatic heterocycles. The minimum Gasteiger partial charge on any atom is -0.492 e. The van der Waals surface area contributed by atoms with Crippen LogP contribution in [0.1, 0.15) is 51.2 Å². The summed E-state index contributed by atoms with van der Waals surface area (Å²) in [6.45, 7) is 7.39. The number of nitrogens with zero attached hydrogens (tertiary/aromatic N) is 1. The van der Waals surface area contributed by atoms with Gasteiger partial charge in [-0.1, -0.05) is 16.9 Å². The number of fused-ring (bicyclic) bond motifs is 1. The Morgan fingerprint density at radius 1 is 1.19 bits per heavy atom. The van der Waals surface area contributed by atoms with Gasteiger partial charge in [0.05, 0.1) is 27.5 Å². The van der Waals surface area contributed by atoms with Crippen LogP contribution < -0.4 is 4.74 Å². The van der Waals surface area contributed by atoms with E-state index in [4.69, 9.17) is 19.0 Å². The molecule has 0 N–H and O–H groups in total. The van der Waals surface area contributed by atoms with E-state index in [9.17, 15) is 4.79 Å². The van der Waals surface area contributed by atoms with Crippen molar-refractivity contribution in [1.29, 1.82) is 0 Å². The first-order valence-electron chi connectivity index (χ1n) is 10.8. The first-order chi connectivity index (χ1) is 15.3. The molecule has 1 fully saturated rings. The molecule has 32 heavy (non-hydrogen) atoms. The third-order valence-electron chi connectivity index (χ3n) is 5.72. The van der Waals surface area contributed by atoms with E-state index in [-0.39, 0.29) is 11.6 Å². The fraction of sp³-hybridized carbons (Fsp3) is 0.500. The Kier molecular flexibility index (Phi) is 6.95. The van der Waals surface area contributed by atoms with Crippen LogP contribution in [0.5, 0.6) is 5.75 Å². The number of methoxy groups -OCH3 is 1. The van der Waals surface area contributed by atoms with Gasteiger partial charge in [0.1, 0.15) is 5.75 Å². The molecule has 1 saturated heterocycles. The number of ether oxygens (including phenoxy) is 3. The predicted molar refractivity (Wildman–Crippen MR) is 126 cm³/mol. The predicted octanol–water partition coefficient (Wildman–Crippen LogP) is 5.63. The van der Waals surface area contributed by atoms with Gasteiger partial charge in [0.15, 0.2) is 0 Å². The minimum absolute atomic E-state index is 0.248. The lowest BCUT2D eigenvalue weighted by Crippen LogP contribution is -2.35. The third-order valence-corrected chi connectivity index (χ3v) is 7.79. The number of benzene rings is 1. The van der Waals surface area contributed by atoms with Crippen LogP contribution in [0.15, 0.2) is 43.9 Å². The van der Waals surface area contributed by atoms with Gasteiger partial charge < -0.3 is 19.0 Å². The molecule has 0 aliphatic carbocycles. The van der Waals surface area contributed by atoms with Gasteiger partial charge in [-0.3, -0.25) is 0 Å². The summed E-state index contributed by atoms with van der Waals surface area (Å²) >= 11 is 3.43. The van der Waals surface area contributed by atoms with E-state index in [1.807, 2.05) is 32.9 Å². The highest BCUT2D eigenvalue weighted by Crippen LogP contribution is 2.42. The van der Waals surface area contributed by atoms with Crippen molar-refractivity contribution >= 4 is 34.8 Å². The van der Waals surface area contributed by atoms with Crippen LogP contribution in [0.3, 0.4) is 0 Å². The van der Waals surface area contributed by atoms with Gasteiger partial charge in [-0.2, -0.15) is 0 Å². The number of oxime groups is 1. The zero-order chi connectivity index (χ0) is 22.8. The summed E-state index contributed by atoms with van der Waals surface area (Å²) in [4.78, 5) is 18.3. The maximum atomic E-state index is 12.1. The quantitative estimate of drug-likeness (QED) is 0.413. The van der Waals surface area contributed by atoms with Gasteiger partial charge in [-0.15, -0.1) is 11.3 Å². The second-order valence-corrected chi connectivity index (χ2v) is 11.3. The lowest BCUT2D eigenvalue weighted by molar-refractivity contribution is -0.152. The maximum Gasteiger partial charge on any atom is 0.340 e. The fourth-order valence-corrected chi connectivity index (χ4v) is 5.75. The van der Waals surface area contributed by atoms with Crippen molar-refractivity contribution in [3.8, 4) is 5.75 Å². The molecule has 2 aromatic rings. The molecule has 0 atom stereocenters. The number of thiophene rings is 1. The zero-order valence-corrected chi connectivity index (χ0v) is 20.6. The Labute approximate surface area is 197 Å². The molecule has 172 valence electrons. The third kappa shape index (κ3) is 5.03. The topological polar surface area (TPSA) is 66.3 Å². The summed E-state index contributed by atoms with van der Waals surface area (Å²) < 4.78 is 18.5. The molecule has 0 bridgehead atoms. The van der Waals surface area contributed by atoms with Gasteiger partial charge in [0.25, 0.3) is 0 Å². The molecule has 8 heteroatoms. The van der Waals surface area contributed by atoms with Gasteiger partial charge >= 0.3 is 5.97 Å². The molecule has 6 nitrogen and oxygen atoms in total. The van der Waals surface area contributed by atoms with E-state index in [1.165, 1.54) is 9.77 Å². The van der Waals surface area contributed by atoms with E-state index >= 15 is 0 Å². The maximum absolute atomic E-state index is 12.1. The molecule has 1 aromatic carbocycles. The molecular weight excluding hydrogens is 446 g/mol. The Morgan fingerprint density at radius 3 is 2.69 bits per heavy atom. The molecular formula is C24H29NO5S2. The van der Waals surface area contributed by atoms with Crippen molar-refractivity contribution < 1.29 is 23.8 Å². The molecule has 0 radical (unpaired) electrons. The Bertz CT molecular complexity index is 1000. The second kappa shape index (κ2) is 9.55. The number of carbonyl (C=O) groups excluding carboxylic acids is 1. The molecule has 2 aliphatic rings. The molecule has 0 unspecified atom stereocenters. The average Bonchev–Trinajstić information content (AvgIpc) is 3.26. The van der Waals surface area contributed by atoms with Crippen molar-refractivity contribution in [3.05, 3.63) is 40.8 Å². The fourth-order valence-electron chi connectivity index (χ4n) is 3.68. The van der Waals surface area contributed by atoms with Crippen LogP contribution >= 0.6 is 23.1 Å². The van der Waals surface area contributed by atoms with Crippen molar-refractivity contribution in [3.63, 3.8) is 0 Å². The first-order valence-corrected chi connectivity index (χ1v) is 12.5. The SMILES string of the molecule is COC1(c2csc(Sc3ccc4c(c3)OCCC4=NOC(=O)C(C)(C)C)c2)CCOCC1. The molecule has 2 aliphatic heterocycles. The molecule has 0 saturated carbocycles. The van der Waals surface area contributed by atoms with Gasteiger partial charge in [0.2, 0.25) is 0 Å². The van der Waals surface area contributed by atoms with Crippen LogP contribution in [-0.4, -0.2) is 38.6 Å². The van der Waals surface area contributed by atoms with Crippen LogP contribution in [-0.2, 0) is 24.7 Å². The number of hydrogen-bond acceptors (Lipinski definition) is 8. The highest BCUT2D eigenvalue weighted by Gasteiger charge is 2.35. The summed E-state index contributed by atoms with van der Waals surface area (Å²) in [6.07, 6.45) is 2.35. The van der Waals surface area contributed by atoms with Crippen LogP contribution in [0.2, 0.25) is 0 Å². The smallest absolute Gasteiger partial charge is 0.340 e. The lowest BCUT2D eigenvalue weighted by atomic mass is 9.88. The van der Waals surface area contributed by atoms with Gasteiger partial charge in [-0.25, -0.2) is 4.79 Å². The van der Waals surface area contributed by atoms with Crippen molar-refractivity contribution in [1.82, 2.24) is 0 Å². The molecule has 0 amide bonds. The van der Waals surface area contributed by atoms with Crippen LogP contribution in [0.4, 0.5) is 0 Å². The van der Waals surface area contributed by atoms with Crippen molar-refractivity contribution in [2.75, 3.05) is 26.9 Å². The molecule has 0 spiro atoms. The zero-order valence-electron chi connectivity index (χ0n) is 18.9. The number of rotatable bonds is 5. The highest BCUT2D eigenvalue weighted by atomic mass is 32.2. The summed E-state index contributed by atoms with van der Waals surface area (Å²) in [5.41, 5.74) is 1.99. The van der Waals surface area contributed by atoms with Gasteiger partial charge in [0, 0.05) is 50.0 Å². The first kappa shape index (κ1) is 23.3. The molecule has 3 heterocycles. The van der Waals surface area contributed by atoms with Crippen LogP contribution in [0.25, 0.3) is 0 Å². The van der Waals surface area contributed by atoms with E-state index in [2.05, 4.69) is 22.7 Å². The summed E-state index contributed by atoms with van der Waals surface area (Å²) in [7, 11) is 1.79. The van der Waals surface area contributed by atoms with Crippen molar-refractivity contribution in [2.24, 2.45) is 10.6 Å². The van der Waals surface area contributed by atoms with Crippen molar-refractivity contribution in [2.45, 2.75) is 54.7 Å². The van der Waals surface area contributed by atoms with E-state index in [1.54, 1.807) is 30.2 Å². The monoisotopic (exact) mass is 475 g/mol. The Morgan fingerprint density at radius 2 is 1.97 bits per heavy atom. The lowest BCUT2D eigenvalue weighted by Gasteiger charge is -2.35. The number of hydrogen-bond donors (Lipinski definition) is 0. The Hall–Kier alpha value is -1.87. The Balaban J connectivity index is 1.49. The van der Waals surface area contributed by atoms with E-state index in [0.717, 1.165) is 48.0 Å².